The van der Waals surface area contributed by atoms with E-state index < -0.39 is 65.9 Å². The molecule has 11 heteroatoms. The average Bonchev–Trinajstić information content (AvgIpc) is 2.77. The fraction of sp³-hybridized carbons (Fsp3) is 0.350. The zero-order valence-electron chi connectivity index (χ0n) is 16.0. The SMILES string of the molecule is COc1ccc2c(c1)c(=O)oc1c(F)c(O[C@@H]3O[C@H](CO)[C@@H](O)[C@H](O)[C@H]3O)cc(F)c12. The lowest BCUT2D eigenvalue weighted by Gasteiger charge is -2.39. The van der Waals surface area contributed by atoms with Crippen LogP contribution in [0.2, 0.25) is 0 Å². The predicted molar refractivity (Wildman–Crippen MR) is 101 cm³/mol. The van der Waals surface area contributed by atoms with Crippen LogP contribution in [0.25, 0.3) is 21.7 Å². The van der Waals surface area contributed by atoms with Crippen molar-refractivity contribution in [2.24, 2.45) is 0 Å². The summed E-state index contributed by atoms with van der Waals surface area (Å²) in [7, 11) is 1.38. The molecule has 0 bridgehead atoms. The number of benzene rings is 2. The molecule has 1 fully saturated rings. The van der Waals surface area contributed by atoms with Crippen LogP contribution in [-0.2, 0) is 4.74 Å². The highest BCUT2D eigenvalue weighted by atomic mass is 19.1. The van der Waals surface area contributed by atoms with Crippen molar-refractivity contribution in [3.05, 3.63) is 46.3 Å². The lowest BCUT2D eigenvalue weighted by Crippen LogP contribution is -2.60. The summed E-state index contributed by atoms with van der Waals surface area (Å²) in [5.74, 6) is -2.69. The van der Waals surface area contributed by atoms with Crippen LogP contribution in [-0.4, -0.2) is 64.8 Å². The summed E-state index contributed by atoms with van der Waals surface area (Å²) in [6.07, 6.45) is -8.33. The van der Waals surface area contributed by atoms with Crippen molar-refractivity contribution in [3.63, 3.8) is 0 Å². The third-order valence-corrected chi connectivity index (χ3v) is 5.14. The van der Waals surface area contributed by atoms with E-state index in [9.17, 15) is 29.6 Å². The Kier molecular flexibility index (Phi) is 5.54. The van der Waals surface area contributed by atoms with Crippen molar-refractivity contribution < 1.29 is 47.8 Å². The minimum Gasteiger partial charge on any atom is -0.497 e. The van der Waals surface area contributed by atoms with E-state index in [0.29, 0.717) is 11.8 Å². The number of aliphatic hydroxyl groups is 4. The molecule has 9 nitrogen and oxygen atoms in total. The Morgan fingerprint density at radius 1 is 1.06 bits per heavy atom. The molecule has 0 spiro atoms. The smallest absolute Gasteiger partial charge is 0.344 e. The third-order valence-electron chi connectivity index (χ3n) is 5.14. The number of aliphatic hydroxyl groups excluding tert-OH is 4. The van der Waals surface area contributed by atoms with E-state index in [-0.39, 0.29) is 16.2 Å². The zero-order chi connectivity index (χ0) is 22.4. The molecule has 1 aromatic heterocycles. The summed E-state index contributed by atoms with van der Waals surface area (Å²) < 4.78 is 50.3. The van der Waals surface area contributed by atoms with Crippen LogP contribution in [0.4, 0.5) is 8.78 Å². The summed E-state index contributed by atoms with van der Waals surface area (Å²) in [5.41, 5.74) is -1.66. The Balaban J connectivity index is 1.81. The first-order valence-electron chi connectivity index (χ1n) is 9.16. The molecule has 0 saturated carbocycles. The summed E-state index contributed by atoms with van der Waals surface area (Å²) >= 11 is 0. The summed E-state index contributed by atoms with van der Waals surface area (Å²) in [4.78, 5) is 12.3. The van der Waals surface area contributed by atoms with Crippen LogP contribution < -0.4 is 15.1 Å². The second-order valence-corrected chi connectivity index (χ2v) is 6.99. The van der Waals surface area contributed by atoms with Crippen LogP contribution in [0.15, 0.2) is 33.5 Å². The molecule has 0 aliphatic carbocycles. The van der Waals surface area contributed by atoms with Gasteiger partial charge in [-0.1, -0.05) is 0 Å². The molecule has 2 aromatic carbocycles. The number of halogens is 2. The summed E-state index contributed by atoms with van der Waals surface area (Å²) in [6.45, 7) is -0.732. The van der Waals surface area contributed by atoms with Crippen molar-refractivity contribution in [1.82, 2.24) is 0 Å². The minimum absolute atomic E-state index is 0.0206. The molecular weight excluding hydrogens is 422 g/mol. The molecular formula is C20H18F2O9. The Morgan fingerprint density at radius 3 is 2.48 bits per heavy atom. The first kappa shape index (κ1) is 21.4. The van der Waals surface area contributed by atoms with Crippen LogP contribution in [0, 0.1) is 11.6 Å². The van der Waals surface area contributed by atoms with Gasteiger partial charge in [-0.15, -0.1) is 0 Å². The van der Waals surface area contributed by atoms with Crippen molar-refractivity contribution >= 4 is 21.7 Å². The van der Waals surface area contributed by atoms with Crippen LogP contribution >= 0.6 is 0 Å². The van der Waals surface area contributed by atoms with Gasteiger partial charge in [0.1, 0.15) is 36.0 Å². The summed E-state index contributed by atoms with van der Waals surface area (Å²) in [5, 5.41) is 38.7. The maximum atomic E-state index is 15.1. The lowest BCUT2D eigenvalue weighted by molar-refractivity contribution is -0.277. The highest BCUT2D eigenvalue weighted by molar-refractivity contribution is 6.05. The molecule has 1 saturated heterocycles. The van der Waals surface area contributed by atoms with Gasteiger partial charge in [0.25, 0.3) is 0 Å². The highest BCUT2D eigenvalue weighted by Gasteiger charge is 2.45. The number of fused-ring (bicyclic) bond motifs is 3. The third kappa shape index (κ3) is 3.50. The van der Waals surface area contributed by atoms with Crippen LogP contribution in [0.5, 0.6) is 11.5 Å². The van der Waals surface area contributed by atoms with Crippen molar-refractivity contribution in [3.8, 4) is 11.5 Å². The Labute approximate surface area is 172 Å². The van der Waals surface area contributed by atoms with Gasteiger partial charge in [-0.3, -0.25) is 0 Å². The van der Waals surface area contributed by atoms with E-state index in [1.54, 1.807) is 0 Å². The molecule has 31 heavy (non-hydrogen) atoms. The fourth-order valence-electron chi connectivity index (χ4n) is 3.49. The van der Waals surface area contributed by atoms with E-state index in [2.05, 4.69) is 0 Å². The molecule has 4 N–H and O–H groups in total. The van der Waals surface area contributed by atoms with Crippen LogP contribution in [0.1, 0.15) is 0 Å². The number of ether oxygens (including phenoxy) is 3. The van der Waals surface area contributed by atoms with E-state index in [1.165, 1.54) is 25.3 Å². The van der Waals surface area contributed by atoms with Gasteiger partial charge in [-0.05, 0) is 18.2 Å². The first-order valence-corrected chi connectivity index (χ1v) is 9.16. The topological polar surface area (TPSA) is 139 Å². The second-order valence-electron chi connectivity index (χ2n) is 6.99. The molecule has 5 atom stereocenters. The van der Waals surface area contributed by atoms with E-state index in [4.69, 9.17) is 18.6 Å². The quantitative estimate of drug-likeness (QED) is 0.336. The molecule has 1 aliphatic heterocycles. The molecule has 2 heterocycles. The molecule has 0 amide bonds. The van der Waals surface area contributed by atoms with Gasteiger partial charge >= 0.3 is 5.63 Å². The van der Waals surface area contributed by atoms with Gasteiger partial charge in [0, 0.05) is 11.5 Å². The molecule has 4 rings (SSSR count). The molecule has 3 aromatic rings. The van der Waals surface area contributed by atoms with Gasteiger partial charge in [0.05, 0.1) is 24.5 Å². The maximum absolute atomic E-state index is 15.1. The molecule has 0 radical (unpaired) electrons. The van der Waals surface area contributed by atoms with Gasteiger partial charge in [0.15, 0.2) is 11.3 Å². The predicted octanol–water partition coefficient (Wildman–Crippen LogP) is 0.412. The largest absolute Gasteiger partial charge is 0.497 e. The zero-order valence-corrected chi connectivity index (χ0v) is 16.0. The van der Waals surface area contributed by atoms with Gasteiger partial charge in [-0.2, -0.15) is 4.39 Å². The lowest BCUT2D eigenvalue weighted by atomic mass is 9.99. The molecule has 1 aliphatic rings. The standard InChI is InChI=1S/C20H18F2O9/c1-28-7-2-3-8-9(4-7)19(27)31-18-13(8)10(21)5-11(14(18)22)29-20-17(26)16(25)15(24)12(6-23)30-20/h2-5,12,15-17,20,23-26H,6H2,1H3/t12-,15-,16+,17-,20-/m1/s1. The van der Waals surface area contributed by atoms with Gasteiger partial charge in [-0.25, -0.2) is 9.18 Å². The monoisotopic (exact) mass is 440 g/mol. The van der Waals surface area contributed by atoms with Crippen LogP contribution in [0.3, 0.4) is 0 Å². The van der Waals surface area contributed by atoms with E-state index in [0.717, 1.165) is 0 Å². The summed E-state index contributed by atoms with van der Waals surface area (Å²) in [6, 6.07) is 4.85. The Morgan fingerprint density at radius 2 is 1.81 bits per heavy atom. The van der Waals surface area contributed by atoms with Crippen molar-refractivity contribution in [2.75, 3.05) is 13.7 Å². The van der Waals surface area contributed by atoms with Crippen molar-refractivity contribution in [2.45, 2.75) is 30.7 Å². The molecule has 166 valence electrons. The second kappa shape index (κ2) is 8.02. The Bertz CT molecular complexity index is 1190. The number of rotatable bonds is 4. The van der Waals surface area contributed by atoms with E-state index >= 15 is 4.39 Å². The first-order chi connectivity index (χ1) is 14.8. The van der Waals surface area contributed by atoms with E-state index in [1.807, 2.05) is 0 Å². The Hall–Kier alpha value is -2.83. The number of methoxy groups -OCH3 is 1. The van der Waals surface area contributed by atoms with Crippen molar-refractivity contribution in [1.29, 1.82) is 0 Å². The minimum atomic E-state index is -1.84. The highest BCUT2D eigenvalue weighted by Crippen LogP contribution is 2.35. The van der Waals surface area contributed by atoms with Gasteiger partial charge < -0.3 is 39.1 Å². The number of hydrogen-bond acceptors (Lipinski definition) is 9. The average molecular weight is 440 g/mol. The van der Waals surface area contributed by atoms with Gasteiger partial charge in [0.2, 0.25) is 12.1 Å². The normalized spacial score (nSPS) is 26.4. The molecule has 0 unspecified atom stereocenters. The number of hydrogen-bond donors (Lipinski definition) is 4. The maximum Gasteiger partial charge on any atom is 0.344 e. The fourth-order valence-corrected chi connectivity index (χ4v) is 3.49.